The van der Waals surface area contributed by atoms with Gasteiger partial charge in [-0.2, -0.15) is 0 Å². The van der Waals surface area contributed by atoms with Crippen LogP contribution in [-0.4, -0.2) is 71.2 Å². The van der Waals surface area contributed by atoms with Gasteiger partial charge in [0.2, 0.25) is 5.91 Å². The van der Waals surface area contributed by atoms with E-state index in [4.69, 9.17) is 4.74 Å². The number of nitrogens with zero attached hydrogens (tertiary/aromatic N) is 2. The Bertz CT molecular complexity index is 408. The fraction of sp³-hybridized carbons (Fsp3) is 0.867. The molecule has 0 radical (unpaired) electrons. The van der Waals surface area contributed by atoms with Crippen molar-refractivity contribution in [2.75, 3.05) is 26.3 Å². The van der Waals surface area contributed by atoms with E-state index in [2.05, 4.69) is 4.90 Å². The summed E-state index contributed by atoms with van der Waals surface area (Å²) in [7, 11) is 0. The molecule has 6 nitrogen and oxygen atoms in total. The number of aliphatic carboxylic acids is 1. The quantitative estimate of drug-likeness (QED) is 0.812. The van der Waals surface area contributed by atoms with Gasteiger partial charge in [-0.25, -0.2) is 4.79 Å². The number of carbonyl (C=O) groups is 2. The predicted octanol–water partition coefficient (Wildman–Crippen LogP) is 0.705. The highest BCUT2D eigenvalue weighted by Crippen LogP contribution is 2.32. The summed E-state index contributed by atoms with van der Waals surface area (Å²) < 4.78 is 5.41. The molecule has 0 aromatic rings. The van der Waals surface area contributed by atoms with Crippen LogP contribution in [0.15, 0.2) is 0 Å². The molecular formula is C15H24N2O4. The van der Waals surface area contributed by atoms with Gasteiger partial charge in [-0.3, -0.25) is 9.69 Å². The second-order valence-electron chi connectivity index (χ2n) is 6.32. The SMILES string of the molecule is O=C(O)[C@@H]1CC[C@@H]2C[C@@H](N3CCOCC3)CCCC(=O)N21. The largest absolute Gasteiger partial charge is 0.480 e. The molecule has 3 rings (SSSR count). The number of fused-ring (bicyclic) bond motifs is 1. The summed E-state index contributed by atoms with van der Waals surface area (Å²) in [6.07, 6.45) is 4.71. The number of ether oxygens (including phenoxy) is 1. The minimum absolute atomic E-state index is 0.0327. The lowest BCUT2D eigenvalue weighted by Crippen LogP contribution is -2.51. The maximum Gasteiger partial charge on any atom is 0.326 e. The van der Waals surface area contributed by atoms with Gasteiger partial charge in [-0.05, 0) is 32.1 Å². The van der Waals surface area contributed by atoms with Crippen molar-refractivity contribution >= 4 is 11.9 Å². The van der Waals surface area contributed by atoms with Crippen LogP contribution in [-0.2, 0) is 14.3 Å². The lowest BCUT2D eigenvalue weighted by Gasteiger charge is -2.39. The van der Waals surface area contributed by atoms with E-state index < -0.39 is 12.0 Å². The van der Waals surface area contributed by atoms with Gasteiger partial charge in [0.15, 0.2) is 0 Å². The molecule has 1 N–H and O–H groups in total. The summed E-state index contributed by atoms with van der Waals surface area (Å²) in [4.78, 5) is 27.8. The molecule has 0 saturated carbocycles. The third kappa shape index (κ3) is 3.06. The van der Waals surface area contributed by atoms with Crippen LogP contribution in [0.2, 0.25) is 0 Å². The number of carbonyl (C=O) groups excluding carboxylic acids is 1. The molecule has 1 amide bonds. The molecule has 0 unspecified atom stereocenters. The highest BCUT2D eigenvalue weighted by Gasteiger charge is 2.42. The normalized spacial score (nSPS) is 35.1. The van der Waals surface area contributed by atoms with Gasteiger partial charge < -0.3 is 14.7 Å². The molecule has 0 aliphatic carbocycles. The van der Waals surface area contributed by atoms with Crippen LogP contribution >= 0.6 is 0 Å². The maximum absolute atomic E-state index is 12.3. The summed E-state index contributed by atoms with van der Waals surface area (Å²) >= 11 is 0. The number of carboxylic acids is 1. The van der Waals surface area contributed by atoms with Crippen LogP contribution in [0, 0.1) is 0 Å². The van der Waals surface area contributed by atoms with Crippen molar-refractivity contribution in [2.24, 2.45) is 0 Å². The number of hydrogen-bond acceptors (Lipinski definition) is 4. The van der Waals surface area contributed by atoms with Crippen molar-refractivity contribution in [3.05, 3.63) is 0 Å². The Labute approximate surface area is 125 Å². The summed E-state index contributed by atoms with van der Waals surface area (Å²) in [6, 6.07) is -0.0419. The second-order valence-corrected chi connectivity index (χ2v) is 6.32. The van der Waals surface area contributed by atoms with Crippen LogP contribution in [0.4, 0.5) is 0 Å². The van der Waals surface area contributed by atoms with Gasteiger partial charge in [0.1, 0.15) is 6.04 Å². The molecule has 118 valence electrons. The van der Waals surface area contributed by atoms with E-state index in [1.807, 2.05) is 0 Å². The smallest absolute Gasteiger partial charge is 0.326 e. The minimum atomic E-state index is -0.852. The Balaban J connectivity index is 1.72. The number of hydrogen-bond donors (Lipinski definition) is 1. The Kier molecular flexibility index (Phi) is 4.45. The predicted molar refractivity (Wildman–Crippen MR) is 75.9 cm³/mol. The molecular weight excluding hydrogens is 272 g/mol. The van der Waals surface area contributed by atoms with E-state index in [1.54, 1.807) is 4.90 Å². The van der Waals surface area contributed by atoms with Crippen LogP contribution < -0.4 is 0 Å². The molecule has 3 saturated heterocycles. The lowest BCUT2D eigenvalue weighted by atomic mass is 9.95. The van der Waals surface area contributed by atoms with E-state index >= 15 is 0 Å². The molecule has 0 spiro atoms. The van der Waals surface area contributed by atoms with Gasteiger partial charge >= 0.3 is 5.97 Å². The van der Waals surface area contributed by atoms with Crippen LogP contribution in [0.5, 0.6) is 0 Å². The van der Waals surface area contributed by atoms with E-state index in [0.717, 1.165) is 52.0 Å². The fourth-order valence-corrected chi connectivity index (χ4v) is 4.06. The zero-order chi connectivity index (χ0) is 14.8. The summed E-state index contributed by atoms with van der Waals surface area (Å²) in [5.41, 5.74) is 0. The molecule has 0 bridgehead atoms. The van der Waals surface area contributed by atoms with Gasteiger partial charge in [-0.1, -0.05) is 0 Å². The molecule has 3 aliphatic heterocycles. The Hall–Kier alpha value is -1.14. The first kappa shape index (κ1) is 14.8. The van der Waals surface area contributed by atoms with E-state index in [1.165, 1.54) is 0 Å². The fourth-order valence-electron chi connectivity index (χ4n) is 4.06. The van der Waals surface area contributed by atoms with E-state index in [-0.39, 0.29) is 11.9 Å². The summed E-state index contributed by atoms with van der Waals surface area (Å²) in [6.45, 7) is 3.46. The maximum atomic E-state index is 12.3. The molecule has 0 aromatic carbocycles. The Morgan fingerprint density at radius 2 is 1.90 bits per heavy atom. The van der Waals surface area contributed by atoms with E-state index in [9.17, 15) is 14.7 Å². The third-order valence-corrected chi connectivity index (χ3v) is 5.11. The van der Waals surface area contributed by atoms with Crippen molar-refractivity contribution in [1.29, 1.82) is 0 Å². The zero-order valence-corrected chi connectivity index (χ0v) is 12.4. The number of carboxylic acid groups (broad SMARTS) is 1. The number of rotatable bonds is 2. The highest BCUT2D eigenvalue weighted by molar-refractivity contribution is 5.84. The first-order valence-electron chi connectivity index (χ1n) is 8.02. The van der Waals surface area contributed by atoms with Gasteiger partial charge in [0, 0.05) is 31.6 Å². The monoisotopic (exact) mass is 296 g/mol. The standard InChI is InChI=1S/C15H24N2O4/c18-14-3-1-2-11(16-6-8-21-9-7-16)10-12-4-5-13(15(19)20)17(12)14/h11-13H,1-10H2,(H,19,20)/t11-,12+,13-/m0/s1. The number of morpholine rings is 1. The summed E-state index contributed by atoms with van der Waals surface area (Å²) in [5.74, 6) is -0.820. The zero-order valence-electron chi connectivity index (χ0n) is 12.4. The van der Waals surface area contributed by atoms with Crippen LogP contribution in [0.25, 0.3) is 0 Å². The molecule has 3 fully saturated rings. The molecule has 6 heteroatoms. The minimum Gasteiger partial charge on any atom is -0.480 e. The Morgan fingerprint density at radius 3 is 2.62 bits per heavy atom. The highest BCUT2D eigenvalue weighted by atomic mass is 16.5. The summed E-state index contributed by atoms with van der Waals surface area (Å²) in [5, 5.41) is 9.33. The molecule has 0 aromatic heterocycles. The van der Waals surface area contributed by atoms with Crippen molar-refractivity contribution < 1.29 is 19.4 Å². The average molecular weight is 296 g/mol. The average Bonchev–Trinajstić information content (AvgIpc) is 2.88. The van der Waals surface area contributed by atoms with Crippen molar-refractivity contribution in [1.82, 2.24) is 9.80 Å². The Morgan fingerprint density at radius 1 is 1.14 bits per heavy atom. The van der Waals surface area contributed by atoms with Crippen LogP contribution in [0.1, 0.15) is 38.5 Å². The van der Waals surface area contributed by atoms with Gasteiger partial charge in [-0.15, -0.1) is 0 Å². The topological polar surface area (TPSA) is 70.1 Å². The molecule has 3 aliphatic rings. The first-order valence-corrected chi connectivity index (χ1v) is 8.02. The second kappa shape index (κ2) is 6.32. The van der Waals surface area contributed by atoms with Crippen molar-refractivity contribution in [3.8, 4) is 0 Å². The third-order valence-electron chi connectivity index (χ3n) is 5.11. The molecule has 3 heterocycles. The lowest BCUT2D eigenvalue weighted by molar-refractivity contribution is -0.150. The molecule has 3 atom stereocenters. The number of amides is 1. The van der Waals surface area contributed by atoms with Gasteiger partial charge in [0.25, 0.3) is 0 Å². The first-order chi connectivity index (χ1) is 10.2. The molecule has 21 heavy (non-hydrogen) atoms. The van der Waals surface area contributed by atoms with Crippen molar-refractivity contribution in [3.63, 3.8) is 0 Å². The van der Waals surface area contributed by atoms with E-state index in [0.29, 0.717) is 18.9 Å². The van der Waals surface area contributed by atoms with Crippen molar-refractivity contribution in [2.45, 2.75) is 56.7 Å². The van der Waals surface area contributed by atoms with Crippen LogP contribution in [0.3, 0.4) is 0 Å². The van der Waals surface area contributed by atoms with Gasteiger partial charge in [0.05, 0.1) is 13.2 Å².